The van der Waals surface area contributed by atoms with Crippen LogP contribution in [0.25, 0.3) is 0 Å². The molecule has 0 heterocycles. The molecule has 0 fully saturated rings. The zero-order valence-electron chi connectivity index (χ0n) is 43.8. The van der Waals surface area contributed by atoms with Gasteiger partial charge in [0.1, 0.15) is 13.2 Å². The first-order valence-electron chi connectivity index (χ1n) is 28.9. The molecule has 1 atom stereocenters. The van der Waals surface area contributed by atoms with Gasteiger partial charge < -0.3 is 14.2 Å². The Labute approximate surface area is 399 Å². The normalized spacial score (nSPS) is 12.0. The molecule has 0 N–H and O–H groups in total. The fourth-order valence-corrected chi connectivity index (χ4v) is 8.92. The Hall–Kier alpha value is -1.59. The quantitative estimate of drug-likeness (QED) is 0.0344. The number of carbonyl (C=O) groups is 3. The zero-order valence-corrected chi connectivity index (χ0v) is 43.8. The van der Waals surface area contributed by atoms with Gasteiger partial charge in [-0.15, -0.1) is 0 Å². The van der Waals surface area contributed by atoms with Crippen molar-refractivity contribution in [2.24, 2.45) is 5.92 Å². The van der Waals surface area contributed by atoms with Crippen LogP contribution in [-0.2, 0) is 28.6 Å². The van der Waals surface area contributed by atoms with Crippen molar-refractivity contribution in [3.05, 3.63) is 0 Å². The maximum atomic E-state index is 12.8. The molecule has 0 aromatic rings. The third-order valence-electron chi connectivity index (χ3n) is 13.3. The summed E-state index contributed by atoms with van der Waals surface area (Å²) < 4.78 is 16.9. The lowest BCUT2D eigenvalue weighted by atomic mass is 10.0. The van der Waals surface area contributed by atoms with Crippen LogP contribution >= 0.6 is 0 Å². The number of hydrogen-bond acceptors (Lipinski definition) is 6. The Morgan fingerprint density at radius 2 is 0.516 bits per heavy atom. The second-order valence-electron chi connectivity index (χ2n) is 20.4. The van der Waals surface area contributed by atoms with Crippen LogP contribution in [0.5, 0.6) is 0 Å². The fourth-order valence-electron chi connectivity index (χ4n) is 8.92. The first-order valence-corrected chi connectivity index (χ1v) is 28.9. The zero-order chi connectivity index (χ0) is 46.7. The van der Waals surface area contributed by atoms with Crippen molar-refractivity contribution in [3.63, 3.8) is 0 Å². The summed E-state index contributed by atoms with van der Waals surface area (Å²) in [6.07, 6.45) is 56.6. The molecule has 0 radical (unpaired) electrons. The molecule has 0 aliphatic rings. The minimum atomic E-state index is -0.761. The topological polar surface area (TPSA) is 78.9 Å². The monoisotopic (exact) mass is 905 g/mol. The second-order valence-corrected chi connectivity index (χ2v) is 20.4. The van der Waals surface area contributed by atoms with Crippen LogP contribution in [0.3, 0.4) is 0 Å². The highest BCUT2D eigenvalue weighted by molar-refractivity contribution is 5.71. The summed E-state index contributed by atoms with van der Waals surface area (Å²) in [5, 5.41) is 0. The van der Waals surface area contributed by atoms with Crippen LogP contribution in [0.15, 0.2) is 0 Å². The fraction of sp³-hybridized carbons (Fsp3) is 0.948. The van der Waals surface area contributed by atoms with Crippen molar-refractivity contribution < 1.29 is 28.6 Å². The van der Waals surface area contributed by atoms with Crippen molar-refractivity contribution >= 4 is 17.9 Å². The van der Waals surface area contributed by atoms with Crippen LogP contribution in [0.1, 0.15) is 329 Å². The Bertz CT molecular complexity index is 964. The van der Waals surface area contributed by atoms with Crippen LogP contribution < -0.4 is 0 Å². The van der Waals surface area contributed by atoms with Crippen LogP contribution in [0, 0.1) is 5.92 Å². The van der Waals surface area contributed by atoms with Crippen LogP contribution in [0.2, 0.25) is 0 Å². The number of ether oxygens (including phenoxy) is 3. The van der Waals surface area contributed by atoms with Gasteiger partial charge in [-0.2, -0.15) is 0 Å². The largest absolute Gasteiger partial charge is 0.462 e. The number of rotatable bonds is 53. The van der Waals surface area contributed by atoms with Crippen LogP contribution in [0.4, 0.5) is 0 Å². The van der Waals surface area contributed by atoms with E-state index in [-0.39, 0.29) is 31.1 Å². The molecular formula is C58H112O6. The Morgan fingerprint density at radius 1 is 0.297 bits per heavy atom. The molecule has 64 heavy (non-hydrogen) atoms. The molecule has 0 aromatic carbocycles. The molecule has 0 aromatic heterocycles. The van der Waals surface area contributed by atoms with Gasteiger partial charge in [0.2, 0.25) is 0 Å². The minimum Gasteiger partial charge on any atom is -0.462 e. The number of unbranched alkanes of at least 4 members (excludes halogenated alkanes) is 40. The van der Waals surface area contributed by atoms with Crippen molar-refractivity contribution in [1.82, 2.24) is 0 Å². The van der Waals surface area contributed by atoms with Gasteiger partial charge in [-0.25, -0.2) is 0 Å². The lowest BCUT2D eigenvalue weighted by molar-refractivity contribution is -0.167. The number of carbonyl (C=O) groups excluding carboxylic acids is 3. The highest BCUT2D eigenvalue weighted by Crippen LogP contribution is 2.18. The highest BCUT2D eigenvalue weighted by atomic mass is 16.6. The van der Waals surface area contributed by atoms with E-state index in [1.807, 2.05) is 0 Å². The number of hydrogen-bond donors (Lipinski definition) is 0. The van der Waals surface area contributed by atoms with Crippen LogP contribution in [-0.4, -0.2) is 37.2 Å². The molecule has 380 valence electrons. The van der Waals surface area contributed by atoms with Gasteiger partial charge in [-0.1, -0.05) is 291 Å². The first-order chi connectivity index (χ1) is 31.4. The molecule has 0 unspecified atom stereocenters. The second kappa shape index (κ2) is 52.4. The maximum absolute atomic E-state index is 12.8. The van der Waals surface area contributed by atoms with Crippen molar-refractivity contribution in [2.75, 3.05) is 13.2 Å². The van der Waals surface area contributed by atoms with Gasteiger partial charge >= 0.3 is 17.9 Å². The minimum absolute atomic E-state index is 0.0618. The average Bonchev–Trinajstić information content (AvgIpc) is 3.28. The van der Waals surface area contributed by atoms with E-state index in [1.165, 1.54) is 225 Å². The molecule has 0 aliphatic carbocycles. The molecule has 0 saturated carbocycles. The van der Waals surface area contributed by atoms with E-state index < -0.39 is 6.10 Å². The van der Waals surface area contributed by atoms with E-state index in [9.17, 15) is 14.4 Å². The molecule has 6 heteroatoms. The smallest absolute Gasteiger partial charge is 0.306 e. The van der Waals surface area contributed by atoms with Crippen molar-refractivity contribution in [3.8, 4) is 0 Å². The van der Waals surface area contributed by atoms with E-state index in [0.717, 1.165) is 63.7 Å². The summed E-state index contributed by atoms with van der Waals surface area (Å²) in [6, 6.07) is 0. The molecule has 0 saturated heterocycles. The summed E-state index contributed by atoms with van der Waals surface area (Å²) in [5.74, 6) is 0.00887. The lowest BCUT2D eigenvalue weighted by Gasteiger charge is -2.18. The Balaban J connectivity index is 4.30. The van der Waals surface area contributed by atoms with Gasteiger partial charge in [0, 0.05) is 19.3 Å². The lowest BCUT2D eigenvalue weighted by Crippen LogP contribution is -2.30. The van der Waals surface area contributed by atoms with Crippen molar-refractivity contribution in [2.45, 2.75) is 336 Å². The van der Waals surface area contributed by atoms with Crippen molar-refractivity contribution in [1.29, 1.82) is 0 Å². The number of esters is 3. The molecule has 0 spiro atoms. The first kappa shape index (κ1) is 62.4. The summed E-state index contributed by atoms with van der Waals surface area (Å²) >= 11 is 0. The van der Waals surface area contributed by atoms with Gasteiger partial charge in [0.15, 0.2) is 6.10 Å². The van der Waals surface area contributed by atoms with Gasteiger partial charge in [0.25, 0.3) is 0 Å². The summed E-state index contributed by atoms with van der Waals surface area (Å²) in [6.45, 7) is 9.07. The van der Waals surface area contributed by atoms with E-state index in [0.29, 0.717) is 19.3 Å². The SMILES string of the molecule is CCCCCCCCCCCCCCCCCC(=O)OC[C@H](COC(=O)CCCCCCCCCCCCCCCC)OC(=O)CCCCCCCCCCCCCCCCC(C)C. The summed E-state index contributed by atoms with van der Waals surface area (Å²) in [5.41, 5.74) is 0. The van der Waals surface area contributed by atoms with Gasteiger partial charge in [-0.05, 0) is 25.2 Å². The van der Waals surface area contributed by atoms with E-state index >= 15 is 0 Å². The molecule has 0 aliphatic heterocycles. The molecule has 6 nitrogen and oxygen atoms in total. The third kappa shape index (κ3) is 51.4. The molecule has 0 amide bonds. The predicted octanol–water partition coefficient (Wildman–Crippen LogP) is 19.0. The molecule has 0 rings (SSSR count). The third-order valence-corrected chi connectivity index (χ3v) is 13.3. The Morgan fingerprint density at radius 3 is 0.766 bits per heavy atom. The molecule has 0 bridgehead atoms. The predicted molar refractivity (Wildman–Crippen MR) is 275 cm³/mol. The van der Waals surface area contributed by atoms with Gasteiger partial charge in [-0.3, -0.25) is 14.4 Å². The Kier molecular flexibility index (Phi) is 51.1. The maximum Gasteiger partial charge on any atom is 0.306 e. The van der Waals surface area contributed by atoms with E-state index in [4.69, 9.17) is 14.2 Å². The van der Waals surface area contributed by atoms with E-state index in [2.05, 4.69) is 27.7 Å². The highest BCUT2D eigenvalue weighted by Gasteiger charge is 2.19. The van der Waals surface area contributed by atoms with E-state index in [1.54, 1.807) is 0 Å². The average molecular weight is 906 g/mol. The van der Waals surface area contributed by atoms with Gasteiger partial charge in [0.05, 0.1) is 0 Å². The molecular weight excluding hydrogens is 793 g/mol. The summed E-state index contributed by atoms with van der Waals surface area (Å²) in [4.78, 5) is 38.1. The summed E-state index contributed by atoms with van der Waals surface area (Å²) in [7, 11) is 0. The standard InChI is InChI=1S/C58H112O6/c1-5-7-9-11-13-15-17-19-21-26-30-34-38-42-46-50-57(60)63-53-55(52-62-56(59)49-45-41-37-33-29-25-20-18-16-14-12-10-8-6-2)64-58(61)51-47-43-39-35-31-27-23-22-24-28-32-36-40-44-48-54(3)4/h54-55H,5-53H2,1-4H3/t55-/m0/s1.